The molecule has 2 aromatic carbocycles. The minimum atomic E-state index is -3.72. The summed E-state index contributed by atoms with van der Waals surface area (Å²) in [6, 6.07) is 13.7. The first kappa shape index (κ1) is 22.3. The van der Waals surface area contributed by atoms with Crippen molar-refractivity contribution in [2.75, 3.05) is 27.2 Å². The number of hydrogen-bond acceptors (Lipinski definition) is 5. The van der Waals surface area contributed by atoms with Crippen LogP contribution in [0.2, 0.25) is 0 Å². The molecule has 1 fully saturated rings. The Kier molecular flexibility index (Phi) is 6.80. The molecule has 1 aliphatic heterocycles. The number of hydrogen-bond donors (Lipinski definition) is 0. The highest BCUT2D eigenvalue weighted by atomic mass is 32.2. The summed E-state index contributed by atoms with van der Waals surface area (Å²) in [6.07, 6.45) is -0.361. The molecule has 1 amide bonds. The van der Waals surface area contributed by atoms with E-state index in [1.165, 1.54) is 16.4 Å². The largest absolute Gasteiger partial charge is 0.496 e. The van der Waals surface area contributed by atoms with Crippen LogP contribution in [0.3, 0.4) is 0 Å². The number of benzene rings is 2. The molecule has 2 atom stereocenters. The van der Waals surface area contributed by atoms with Crippen LogP contribution in [0.1, 0.15) is 29.8 Å². The van der Waals surface area contributed by atoms with Gasteiger partial charge in [0.05, 0.1) is 24.2 Å². The molecular weight excluding hydrogens is 404 g/mol. The summed E-state index contributed by atoms with van der Waals surface area (Å²) < 4.78 is 38.7. The van der Waals surface area contributed by atoms with E-state index in [4.69, 9.17) is 9.47 Å². The van der Waals surface area contributed by atoms with Gasteiger partial charge in [0.1, 0.15) is 5.75 Å². The van der Waals surface area contributed by atoms with Crippen LogP contribution in [-0.2, 0) is 21.3 Å². The molecule has 0 aliphatic carbocycles. The summed E-state index contributed by atoms with van der Waals surface area (Å²) in [7, 11) is -0.449. The van der Waals surface area contributed by atoms with E-state index < -0.39 is 10.0 Å². The van der Waals surface area contributed by atoms with Crippen LogP contribution in [0.5, 0.6) is 5.75 Å². The molecule has 2 aromatic rings. The SMILES string of the molecule is COc1ccccc1CN(C)C(=O)c1cccc(S(=O)(=O)N2CC(C)OC(C)C2)c1. The van der Waals surface area contributed by atoms with Crippen molar-refractivity contribution < 1.29 is 22.7 Å². The van der Waals surface area contributed by atoms with Crippen molar-refractivity contribution in [3.05, 3.63) is 59.7 Å². The van der Waals surface area contributed by atoms with E-state index in [9.17, 15) is 13.2 Å². The molecule has 0 bridgehead atoms. The Morgan fingerprint density at radius 2 is 1.80 bits per heavy atom. The third-order valence-electron chi connectivity index (χ3n) is 5.05. The summed E-state index contributed by atoms with van der Waals surface area (Å²) in [5.41, 5.74) is 1.19. The van der Waals surface area contributed by atoms with E-state index in [0.717, 1.165) is 5.56 Å². The summed E-state index contributed by atoms with van der Waals surface area (Å²) in [6.45, 7) is 4.63. The second-order valence-electron chi connectivity index (χ2n) is 7.58. The molecule has 0 radical (unpaired) electrons. The number of nitrogens with zero attached hydrogens (tertiary/aromatic N) is 2. The van der Waals surface area contributed by atoms with E-state index in [1.54, 1.807) is 31.2 Å². The molecule has 2 unspecified atom stereocenters. The number of para-hydroxylation sites is 1. The monoisotopic (exact) mass is 432 g/mol. The van der Waals surface area contributed by atoms with Crippen molar-refractivity contribution in [1.29, 1.82) is 0 Å². The normalized spacial score (nSPS) is 20.0. The van der Waals surface area contributed by atoms with Gasteiger partial charge < -0.3 is 14.4 Å². The minimum absolute atomic E-state index is 0.111. The number of ether oxygens (including phenoxy) is 2. The lowest BCUT2D eigenvalue weighted by atomic mass is 10.1. The molecule has 162 valence electrons. The van der Waals surface area contributed by atoms with Crippen LogP contribution in [0, 0.1) is 0 Å². The van der Waals surface area contributed by atoms with Gasteiger partial charge in [-0.25, -0.2) is 8.42 Å². The van der Waals surface area contributed by atoms with Gasteiger partial charge in [0.25, 0.3) is 5.91 Å². The Morgan fingerprint density at radius 1 is 1.13 bits per heavy atom. The maximum absolute atomic E-state index is 13.1. The Balaban J connectivity index is 1.81. The molecule has 0 aromatic heterocycles. The quantitative estimate of drug-likeness (QED) is 0.702. The van der Waals surface area contributed by atoms with Crippen LogP contribution in [-0.4, -0.2) is 63.0 Å². The maximum atomic E-state index is 13.1. The Bertz CT molecular complexity index is 998. The molecule has 0 N–H and O–H groups in total. The third kappa shape index (κ3) is 4.83. The predicted molar refractivity (Wildman–Crippen MR) is 114 cm³/mol. The van der Waals surface area contributed by atoms with Crippen molar-refractivity contribution in [1.82, 2.24) is 9.21 Å². The zero-order chi connectivity index (χ0) is 21.9. The van der Waals surface area contributed by atoms with Gasteiger partial charge in [-0.3, -0.25) is 4.79 Å². The fraction of sp³-hybridized carbons (Fsp3) is 0.409. The topological polar surface area (TPSA) is 76.2 Å². The van der Waals surface area contributed by atoms with Gasteiger partial charge in [0.15, 0.2) is 0 Å². The van der Waals surface area contributed by atoms with E-state index in [2.05, 4.69) is 0 Å². The second-order valence-corrected chi connectivity index (χ2v) is 9.52. The zero-order valence-electron chi connectivity index (χ0n) is 17.7. The van der Waals surface area contributed by atoms with Gasteiger partial charge in [-0.15, -0.1) is 0 Å². The number of rotatable bonds is 6. The lowest BCUT2D eigenvalue weighted by Gasteiger charge is -2.34. The molecule has 0 spiro atoms. The first-order valence-corrected chi connectivity index (χ1v) is 11.3. The lowest BCUT2D eigenvalue weighted by molar-refractivity contribution is -0.0440. The van der Waals surface area contributed by atoms with E-state index in [0.29, 0.717) is 30.9 Å². The average Bonchev–Trinajstić information content (AvgIpc) is 2.73. The number of morpholine rings is 1. The smallest absolute Gasteiger partial charge is 0.253 e. The second kappa shape index (κ2) is 9.16. The van der Waals surface area contributed by atoms with Gasteiger partial charge in [0.2, 0.25) is 10.0 Å². The van der Waals surface area contributed by atoms with Gasteiger partial charge in [-0.05, 0) is 38.1 Å². The Morgan fingerprint density at radius 3 is 2.47 bits per heavy atom. The average molecular weight is 433 g/mol. The number of carbonyl (C=O) groups excluding carboxylic acids is 1. The van der Waals surface area contributed by atoms with Crippen LogP contribution < -0.4 is 4.74 Å². The van der Waals surface area contributed by atoms with Crippen molar-refractivity contribution in [3.8, 4) is 5.75 Å². The Hall–Kier alpha value is -2.42. The van der Waals surface area contributed by atoms with Crippen molar-refractivity contribution in [2.24, 2.45) is 0 Å². The molecule has 1 saturated heterocycles. The van der Waals surface area contributed by atoms with Crippen molar-refractivity contribution in [3.63, 3.8) is 0 Å². The van der Waals surface area contributed by atoms with Crippen LogP contribution in [0.15, 0.2) is 53.4 Å². The molecule has 1 aliphatic rings. The van der Waals surface area contributed by atoms with Crippen LogP contribution in [0.25, 0.3) is 0 Å². The summed E-state index contributed by atoms with van der Waals surface area (Å²) in [5.74, 6) is 0.436. The Labute approximate surface area is 178 Å². The molecule has 0 saturated carbocycles. The number of sulfonamides is 1. The van der Waals surface area contributed by atoms with E-state index in [1.807, 2.05) is 38.1 Å². The number of methoxy groups -OCH3 is 1. The molecule has 3 rings (SSSR count). The summed E-state index contributed by atoms with van der Waals surface area (Å²) in [5, 5.41) is 0. The number of amides is 1. The van der Waals surface area contributed by atoms with Crippen LogP contribution in [0.4, 0.5) is 0 Å². The summed E-state index contributed by atoms with van der Waals surface area (Å²) >= 11 is 0. The van der Waals surface area contributed by atoms with Gasteiger partial charge in [-0.1, -0.05) is 24.3 Å². The van der Waals surface area contributed by atoms with E-state index >= 15 is 0 Å². The molecule has 8 heteroatoms. The van der Waals surface area contributed by atoms with Gasteiger partial charge in [-0.2, -0.15) is 4.31 Å². The molecule has 7 nitrogen and oxygen atoms in total. The highest BCUT2D eigenvalue weighted by molar-refractivity contribution is 7.89. The first-order valence-electron chi connectivity index (χ1n) is 9.85. The van der Waals surface area contributed by atoms with Crippen molar-refractivity contribution in [2.45, 2.75) is 37.5 Å². The van der Waals surface area contributed by atoms with Gasteiger partial charge in [0, 0.05) is 37.8 Å². The standard InChI is InChI=1S/C22H28N2O5S/c1-16-13-24(14-17(2)29-16)30(26,27)20-10-7-9-18(12-20)22(25)23(3)15-19-8-5-6-11-21(19)28-4/h5-12,16-17H,13-15H2,1-4H3. The third-order valence-corrected chi connectivity index (χ3v) is 6.88. The van der Waals surface area contributed by atoms with Crippen LogP contribution >= 0.6 is 0 Å². The first-order chi connectivity index (χ1) is 14.2. The zero-order valence-corrected chi connectivity index (χ0v) is 18.6. The fourth-order valence-corrected chi connectivity index (χ4v) is 5.28. The molecule has 30 heavy (non-hydrogen) atoms. The molecular formula is C22H28N2O5S. The maximum Gasteiger partial charge on any atom is 0.253 e. The summed E-state index contributed by atoms with van der Waals surface area (Å²) in [4.78, 5) is 14.6. The molecule has 1 heterocycles. The van der Waals surface area contributed by atoms with Crippen molar-refractivity contribution >= 4 is 15.9 Å². The van der Waals surface area contributed by atoms with Gasteiger partial charge >= 0.3 is 0 Å². The number of carbonyl (C=O) groups is 1. The van der Waals surface area contributed by atoms with E-state index in [-0.39, 0.29) is 23.0 Å². The fourth-order valence-electron chi connectivity index (χ4n) is 3.65. The minimum Gasteiger partial charge on any atom is -0.496 e. The highest BCUT2D eigenvalue weighted by Gasteiger charge is 2.32. The predicted octanol–water partition coefficient (Wildman–Crippen LogP) is 2.77. The lowest BCUT2D eigenvalue weighted by Crippen LogP contribution is -2.48. The highest BCUT2D eigenvalue weighted by Crippen LogP contribution is 2.23.